The highest BCUT2D eigenvalue weighted by Crippen LogP contribution is 2.38. The minimum atomic E-state index is -1.56. The third-order valence-corrected chi connectivity index (χ3v) is 8.65. The first kappa shape index (κ1) is 15.2. The predicted molar refractivity (Wildman–Crippen MR) is 71.8 cm³/mol. The van der Waals surface area contributed by atoms with Crippen LogP contribution in [0, 0.1) is 11.3 Å². The highest BCUT2D eigenvalue weighted by atomic mass is 28.4. The molecule has 0 aromatic heterocycles. The maximum Gasteiger partial charge on any atom is 0.192 e. The van der Waals surface area contributed by atoms with Crippen molar-refractivity contribution in [3.8, 4) is 0 Å². The molecule has 0 atom stereocenters. The Hall–Kier alpha value is 0.177. The molecule has 92 valence electrons. The standard InChI is InChI=1S/C13H30OSi/c1-11(2)13(6,7)10-14-15(8,9)12(3,4)5/h11H,10H2,1-9H3. The molecule has 0 rings (SSSR count). The number of rotatable bonds is 4. The van der Waals surface area contributed by atoms with Gasteiger partial charge in [-0.25, -0.2) is 0 Å². The Labute approximate surface area is 97.7 Å². The highest BCUT2D eigenvalue weighted by molar-refractivity contribution is 6.74. The molecular weight excluding hydrogens is 200 g/mol. The molecule has 0 unspecified atom stereocenters. The van der Waals surface area contributed by atoms with Gasteiger partial charge < -0.3 is 4.43 Å². The van der Waals surface area contributed by atoms with Crippen molar-refractivity contribution >= 4 is 8.32 Å². The van der Waals surface area contributed by atoms with Gasteiger partial charge in [-0.2, -0.15) is 0 Å². The van der Waals surface area contributed by atoms with Crippen LogP contribution in [0.1, 0.15) is 48.5 Å². The Bertz CT molecular complexity index is 199. The first-order chi connectivity index (χ1) is 6.40. The normalized spacial score (nSPS) is 14.8. The molecule has 0 aliphatic carbocycles. The average molecular weight is 230 g/mol. The van der Waals surface area contributed by atoms with E-state index in [9.17, 15) is 0 Å². The van der Waals surface area contributed by atoms with Crippen molar-refractivity contribution in [3.05, 3.63) is 0 Å². The summed E-state index contributed by atoms with van der Waals surface area (Å²) in [6.07, 6.45) is 0. The summed E-state index contributed by atoms with van der Waals surface area (Å²) < 4.78 is 6.26. The van der Waals surface area contributed by atoms with Crippen LogP contribution in [0.3, 0.4) is 0 Å². The fourth-order valence-corrected chi connectivity index (χ4v) is 1.92. The van der Waals surface area contributed by atoms with Crippen LogP contribution in [0.5, 0.6) is 0 Å². The lowest BCUT2D eigenvalue weighted by atomic mass is 9.82. The summed E-state index contributed by atoms with van der Waals surface area (Å²) >= 11 is 0. The van der Waals surface area contributed by atoms with Crippen LogP contribution in [-0.4, -0.2) is 14.9 Å². The van der Waals surface area contributed by atoms with Gasteiger partial charge in [0.2, 0.25) is 0 Å². The Morgan fingerprint density at radius 3 is 1.67 bits per heavy atom. The Morgan fingerprint density at radius 2 is 1.40 bits per heavy atom. The van der Waals surface area contributed by atoms with Gasteiger partial charge in [0, 0.05) is 6.61 Å². The minimum Gasteiger partial charge on any atom is -0.416 e. The molecule has 0 aliphatic heterocycles. The van der Waals surface area contributed by atoms with Gasteiger partial charge in [-0.1, -0.05) is 48.5 Å². The van der Waals surface area contributed by atoms with Crippen molar-refractivity contribution in [2.45, 2.75) is 66.6 Å². The molecule has 1 nitrogen and oxygen atoms in total. The second-order valence-electron chi connectivity index (χ2n) is 7.19. The predicted octanol–water partition coefficient (Wildman–Crippen LogP) is 4.69. The van der Waals surface area contributed by atoms with Crippen molar-refractivity contribution in [2.75, 3.05) is 6.61 Å². The van der Waals surface area contributed by atoms with Crippen LogP contribution >= 0.6 is 0 Å². The topological polar surface area (TPSA) is 9.23 Å². The Kier molecular flexibility index (Phi) is 4.64. The molecule has 0 N–H and O–H groups in total. The fraction of sp³-hybridized carbons (Fsp3) is 1.00. The van der Waals surface area contributed by atoms with Crippen LogP contribution in [0.25, 0.3) is 0 Å². The second-order valence-corrected chi connectivity index (χ2v) is 12.0. The lowest BCUT2D eigenvalue weighted by Crippen LogP contribution is -2.43. The number of hydrogen-bond acceptors (Lipinski definition) is 1. The van der Waals surface area contributed by atoms with Gasteiger partial charge >= 0.3 is 0 Å². The van der Waals surface area contributed by atoms with E-state index in [2.05, 4.69) is 61.6 Å². The van der Waals surface area contributed by atoms with E-state index in [1.165, 1.54) is 0 Å². The van der Waals surface area contributed by atoms with E-state index in [0.29, 0.717) is 11.0 Å². The maximum atomic E-state index is 6.26. The zero-order chi connectivity index (χ0) is 12.5. The van der Waals surface area contributed by atoms with Crippen LogP contribution < -0.4 is 0 Å². The Morgan fingerprint density at radius 1 is 1.00 bits per heavy atom. The first-order valence-corrected chi connectivity index (χ1v) is 8.95. The summed E-state index contributed by atoms with van der Waals surface area (Å²) in [5.74, 6) is 0.669. The lowest BCUT2D eigenvalue weighted by Gasteiger charge is -2.40. The van der Waals surface area contributed by atoms with Gasteiger partial charge in [-0.3, -0.25) is 0 Å². The summed E-state index contributed by atoms with van der Waals surface area (Å²) in [6.45, 7) is 21.6. The van der Waals surface area contributed by atoms with Gasteiger partial charge in [0.25, 0.3) is 0 Å². The molecule has 0 aromatic carbocycles. The molecule has 0 saturated carbocycles. The molecule has 0 aliphatic rings. The maximum absolute atomic E-state index is 6.26. The van der Waals surface area contributed by atoms with Crippen molar-refractivity contribution in [2.24, 2.45) is 11.3 Å². The van der Waals surface area contributed by atoms with E-state index in [-0.39, 0.29) is 5.41 Å². The summed E-state index contributed by atoms with van der Waals surface area (Å²) in [6, 6.07) is 0. The SMILES string of the molecule is CC(C)C(C)(C)CO[Si](C)(C)C(C)(C)C. The quantitative estimate of drug-likeness (QED) is 0.637. The van der Waals surface area contributed by atoms with Crippen LogP contribution in [-0.2, 0) is 4.43 Å². The molecule has 0 amide bonds. The average Bonchev–Trinajstić information content (AvgIpc) is 1.99. The van der Waals surface area contributed by atoms with E-state index in [1.807, 2.05) is 0 Å². The van der Waals surface area contributed by atoms with Gasteiger partial charge in [0.1, 0.15) is 0 Å². The lowest BCUT2D eigenvalue weighted by molar-refractivity contribution is 0.119. The molecule has 0 fully saturated rings. The van der Waals surface area contributed by atoms with Crippen molar-refractivity contribution < 1.29 is 4.43 Å². The van der Waals surface area contributed by atoms with Crippen LogP contribution in [0.2, 0.25) is 18.1 Å². The molecule has 0 spiro atoms. The fourth-order valence-electron chi connectivity index (χ4n) is 0.750. The van der Waals surface area contributed by atoms with Gasteiger partial charge in [0.15, 0.2) is 8.32 Å². The molecule has 0 aromatic rings. The molecule has 0 bridgehead atoms. The summed E-state index contributed by atoms with van der Waals surface area (Å²) in [5.41, 5.74) is 0.287. The van der Waals surface area contributed by atoms with Crippen molar-refractivity contribution in [3.63, 3.8) is 0 Å². The largest absolute Gasteiger partial charge is 0.416 e. The summed E-state index contributed by atoms with van der Waals surface area (Å²) in [4.78, 5) is 0. The summed E-state index contributed by atoms with van der Waals surface area (Å²) in [5, 5.41) is 0.320. The van der Waals surface area contributed by atoms with E-state index in [1.54, 1.807) is 0 Å². The van der Waals surface area contributed by atoms with E-state index >= 15 is 0 Å². The van der Waals surface area contributed by atoms with Crippen LogP contribution in [0.4, 0.5) is 0 Å². The molecule has 15 heavy (non-hydrogen) atoms. The van der Waals surface area contributed by atoms with Gasteiger partial charge in [0.05, 0.1) is 0 Å². The van der Waals surface area contributed by atoms with Crippen LogP contribution in [0.15, 0.2) is 0 Å². The Balaban J connectivity index is 4.40. The molecule has 0 radical (unpaired) electrons. The molecular formula is C13H30OSi. The molecule has 0 heterocycles. The molecule has 0 saturated heterocycles. The van der Waals surface area contributed by atoms with Crippen molar-refractivity contribution in [1.82, 2.24) is 0 Å². The minimum absolute atomic E-state index is 0.287. The molecule has 2 heteroatoms. The van der Waals surface area contributed by atoms with Crippen molar-refractivity contribution in [1.29, 1.82) is 0 Å². The van der Waals surface area contributed by atoms with E-state index in [0.717, 1.165) is 6.61 Å². The first-order valence-electron chi connectivity index (χ1n) is 6.04. The smallest absolute Gasteiger partial charge is 0.192 e. The monoisotopic (exact) mass is 230 g/mol. The van der Waals surface area contributed by atoms with Gasteiger partial charge in [-0.05, 0) is 29.5 Å². The zero-order valence-corrected chi connectivity index (χ0v) is 13.2. The van der Waals surface area contributed by atoms with Gasteiger partial charge in [-0.15, -0.1) is 0 Å². The summed E-state index contributed by atoms with van der Waals surface area (Å²) in [7, 11) is -1.56. The zero-order valence-electron chi connectivity index (χ0n) is 12.2. The van der Waals surface area contributed by atoms with E-state index < -0.39 is 8.32 Å². The second kappa shape index (κ2) is 4.58. The van der Waals surface area contributed by atoms with E-state index in [4.69, 9.17) is 4.43 Å². The number of hydrogen-bond donors (Lipinski definition) is 0. The third kappa shape index (κ3) is 4.27. The third-order valence-electron chi connectivity index (χ3n) is 4.17. The highest BCUT2D eigenvalue weighted by Gasteiger charge is 2.38.